The van der Waals surface area contributed by atoms with Gasteiger partial charge in [0.05, 0.1) is 24.8 Å². The largest absolute Gasteiger partial charge is 0.497 e. The van der Waals surface area contributed by atoms with E-state index in [1.165, 1.54) is 10.4 Å². The van der Waals surface area contributed by atoms with Gasteiger partial charge in [-0.25, -0.2) is 12.7 Å². The van der Waals surface area contributed by atoms with E-state index < -0.39 is 15.9 Å². The maximum Gasteiger partial charge on any atom is 0.224 e. The number of piperidine rings is 1. The van der Waals surface area contributed by atoms with Gasteiger partial charge in [-0.2, -0.15) is 0 Å². The lowest BCUT2D eigenvalue weighted by Gasteiger charge is -2.32. The summed E-state index contributed by atoms with van der Waals surface area (Å²) in [5, 5.41) is 3.77. The molecule has 1 heterocycles. The van der Waals surface area contributed by atoms with Crippen LogP contribution in [-0.4, -0.2) is 38.8 Å². The van der Waals surface area contributed by atoms with Gasteiger partial charge >= 0.3 is 0 Å². The fourth-order valence-corrected chi connectivity index (χ4v) is 5.84. The van der Waals surface area contributed by atoms with Crippen LogP contribution in [0.3, 0.4) is 0 Å². The van der Waals surface area contributed by atoms with Gasteiger partial charge in [-0.1, -0.05) is 41.4 Å². The summed E-state index contributed by atoms with van der Waals surface area (Å²) in [4.78, 5) is 12.8. The molecule has 1 amide bonds. The molecule has 2 unspecified atom stereocenters. The van der Waals surface area contributed by atoms with Crippen molar-refractivity contribution in [3.63, 3.8) is 0 Å². The molecule has 1 saturated heterocycles. The van der Waals surface area contributed by atoms with Crippen LogP contribution >= 0.6 is 23.2 Å². The molecule has 31 heavy (non-hydrogen) atoms. The third-order valence-electron chi connectivity index (χ3n) is 5.48. The number of nitrogens with zero attached hydrogens (tertiary/aromatic N) is 1. The lowest BCUT2D eigenvalue weighted by molar-refractivity contribution is -0.126. The molecule has 1 aliphatic heterocycles. The van der Waals surface area contributed by atoms with Crippen LogP contribution in [-0.2, 0) is 20.6 Å². The van der Waals surface area contributed by atoms with E-state index in [4.69, 9.17) is 27.9 Å². The van der Waals surface area contributed by atoms with Crippen LogP contribution in [0.5, 0.6) is 5.75 Å². The number of carbonyl (C=O) groups excluding carboxylic acids is 1. The van der Waals surface area contributed by atoms with Gasteiger partial charge in [0.15, 0.2) is 0 Å². The Morgan fingerprint density at radius 1 is 1.23 bits per heavy atom. The number of halogens is 2. The molecule has 0 aromatic heterocycles. The standard InChI is InChI=1S/C22H26Cl2N2O4S/c1-15(16-6-9-20(30-2)10-7-16)25-22(27)17-4-3-11-26(13-17)31(28,29)14-18-5-8-19(23)12-21(18)24/h5-10,12,15,17H,3-4,11,13-14H2,1-2H3,(H,25,27). The summed E-state index contributed by atoms with van der Waals surface area (Å²) in [6.07, 6.45) is 1.28. The summed E-state index contributed by atoms with van der Waals surface area (Å²) in [5.74, 6) is -0.0200. The highest BCUT2D eigenvalue weighted by atomic mass is 35.5. The summed E-state index contributed by atoms with van der Waals surface area (Å²) >= 11 is 12.0. The van der Waals surface area contributed by atoms with E-state index in [-0.39, 0.29) is 24.2 Å². The smallest absolute Gasteiger partial charge is 0.224 e. The maximum absolute atomic E-state index is 13.0. The van der Waals surface area contributed by atoms with Gasteiger partial charge in [0.25, 0.3) is 0 Å². The SMILES string of the molecule is COc1ccc(C(C)NC(=O)C2CCCN(S(=O)(=O)Cc3ccc(Cl)cc3Cl)C2)cc1. The topological polar surface area (TPSA) is 75.7 Å². The van der Waals surface area contributed by atoms with E-state index in [2.05, 4.69) is 5.32 Å². The molecule has 3 rings (SSSR count). The van der Waals surface area contributed by atoms with Crippen LogP contribution in [0, 0.1) is 5.92 Å². The van der Waals surface area contributed by atoms with Gasteiger partial charge < -0.3 is 10.1 Å². The minimum Gasteiger partial charge on any atom is -0.497 e. The molecule has 2 atom stereocenters. The first-order chi connectivity index (χ1) is 14.7. The van der Waals surface area contributed by atoms with Gasteiger partial charge in [-0.3, -0.25) is 4.79 Å². The molecule has 2 aromatic carbocycles. The Labute approximate surface area is 193 Å². The Balaban J connectivity index is 1.63. The van der Waals surface area contributed by atoms with E-state index in [1.54, 1.807) is 19.2 Å². The number of rotatable bonds is 7. The van der Waals surface area contributed by atoms with Crippen molar-refractivity contribution in [2.45, 2.75) is 31.6 Å². The summed E-state index contributed by atoms with van der Waals surface area (Å²) in [7, 11) is -2.01. The van der Waals surface area contributed by atoms with Crippen molar-refractivity contribution in [1.82, 2.24) is 9.62 Å². The van der Waals surface area contributed by atoms with E-state index >= 15 is 0 Å². The highest BCUT2D eigenvalue weighted by Crippen LogP contribution is 2.27. The number of amides is 1. The predicted molar refractivity (Wildman–Crippen MR) is 123 cm³/mol. The van der Waals surface area contributed by atoms with Crippen molar-refractivity contribution in [2.24, 2.45) is 5.92 Å². The molecule has 0 bridgehead atoms. The molecular formula is C22H26Cl2N2O4S. The van der Waals surface area contributed by atoms with Gasteiger partial charge in [0, 0.05) is 23.1 Å². The molecular weight excluding hydrogens is 459 g/mol. The average molecular weight is 485 g/mol. The summed E-state index contributed by atoms with van der Waals surface area (Å²) in [6.45, 7) is 2.46. The van der Waals surface area contributed by atoms with Gasteiger partial charge in [0.2, 0.25) is 15.9 Å². The van der Waals surface area contributed by atoms with Gasteiger partial charge in [-0.05, 0) is 55.2 Å². The maximum atomic E-state index is 13.0. The Morgan fingerprint density at radius 3 is 2.58 bits per heavy atom. The number of carbonyl (C=O) groups is 1. The number of methoxy groups -OCH3 is 1. The van der Waals surface area contributed by atoms with Gasteiger partial charge in [0.1, 0.15) is 5.75 Å². The number of ether oxygens (including phenoxy) is 1. The molecule has 0 spiro atoms. The number of sulfonamides is 1. The summed E-state index contributed by atoms with van der Waals surface area (Å²) in [5.41, 5.74) is 1.44. The second kappa shape index (κ2) is 10.2. The van der Waals surface area contributed by atoms with Crippen molar-refractivity contribution >= 4 is 39.1 Å². The molecule has 9 heteroatoms. The van der Waals surface area contributed by atoms with Crippen LogP contribution in [0.15, 0.2) is 42.5 Å². The molecule has 168 valence electrons. The van der Waals surface area contributed by atoms with Crippen molar-refractivity contribution < 1.29 is 17.9 Å². The second-order valence-corrected chi connectivity index (χ2v) is 10.5. The fourth-order valence-electron chi connectivity index (χ4n) is 3.64. The van der Waals surface area contributed by atoms with Crippen LogP contribution in [0.4, 0.5) is 0 Å². The summed E-state index contributed by atoms with van der Waals surface area (Å²) in [6, 6.07) is 12.1. The number of nitrogens with one attached hydrogen (secondary N) is 1. The molecule has 1 fully saturated rings. The van der Waals surface area contributed by atoms with Crippen molar-refractivity contribution in [1.29, 1.82) is 0 Å². The molecule has 2 aromatic rings. The van der Waals surface area contributed by atoms with Crippen LogP contribution in [0.2, 0.25) is 10.0 Å². The highest BCUT2D eigenvalue weighted by molar-refractivity contribution is 7.88. The average Bonchev–Trinajstić information content (AvgIpc) is 2.75. The monoisotopic (exact) mass is 484 g/mol. The van der Waals surface area contributed by atoms with E-state index in [9.17, 15) is 13.2 Å². The van der Waals surface area contributed by atoms with Gasteiger partial charge in [-0.15, -0.1) is 0 Å². The number of benzene rings is 2. The first-order valence-corrected chi connectivity index (χ1v) is 12.4. The Hall–Kier alpha value is -1.80. The van der Waals surface area contributed by atoms with Crippen molar-refractivity contribution in [2.75, 3.05) is 20.2 Å². The van der Waals surface area contributed by atoms with E-state index in [0.717, 1.165) is 11.3 Å². The Morgan fingerprint density at radius 2 is 1.94 bits per heavy atom. The third kappa shape index (κ3) is 6.13. The molecule has 0 saturated carbocycles. The minimum atomic E-state index is -3.61. The molecule has 6 nitrogen and oxygen atoms in total. The Bertz CT molecular complexity index is 1030. The fraction of sp³-hybridized carbons (Fsp3) is 0.409. The molecule has 1 aliphatic rings. The van der Waals surface area contributed by atoms with Crippen LogP contribution in [0.1, 0.15) is 36.9 Å². The first-order valence-electron chi connectivity index (χ1n) is 10.1. The molecule has 1 N–H and O–H groups in total. The Kier molecular flexibility index (Phi) is 7.86. The third-order valence-corrected chi connectivity index (χ3v) is 7.86. The zero-order chi connectivity index (χ0) is 22.6. The van der Waals surface area contributed by atoms with Crippen molar-refractivity contribution in [3.8, 4) is 5.75 Å². The lowest BCUT2D eigenvalue weighted by atomic mass is 9.98. The highest BCUT2D eigenvalue weighted by Gasteiger charge is 2.33. The van der Waals surface area contributed by atoms with Crippen LogP contribution < -0.4 is 10.1 Å². The zero-order valence-corrected chi connectivity index (χ0v) is 19.8. The van der Waals surface area contributed by atoms with Crippen LogP contribution in [0.25, 0.3) is 0 Å². The number of hydrogen-bond acceptors (Lipinski definition) is 4. The normalized spacial score (nSPS) is 18.4. The minimum absolute atomic E-state index is 0.146. The van der Waals surface area contributed by atoms with Crippen molar-refractivity contribution in [3.05, 3.63) is 63.6 Å². The molecule has 0 aliphatic carbocycles. The zero-order valence-electron chi connectivity index (χ0n) is 17.5. The number of hydrogen-bond donors (Lipinski definition) is 1. The second-order valence-electron chi connectivity index (χ2n) is 7.69. The predicted octanol–water partition coefficient (Wildman–Crippen LogP) is 4.42. The quantitative estimate of drug-likeness (QED) is 0.630. The lowest BCUT2D eigenvalue weighted by Crippen LogP contribution is -2.46. The van der Waals surface area contributed by atoms with E-state index in [1.807, 2.05) is 31.2 Å². The van der Waals surface area contributed by atoms with E-state index in [0.29, 0.717) is 35.0 Å². The summed E-state index contributed by atoms with van der Waals surface area (Å²) < 4.78 is 32.5. The first kappa shape index (κ1) is 23.9. The molecule has 0 radical (unpaired) electrons.